The molecular formula is C21H22N2O3. The molecule has 1 heterocycles. The third-order valence-corrected chi connectivity index (χ3v) is 6.71. The number of benzene rings is 1. The molecule has 2 bridgehead atoms. The number of carbonyl (C=O) groups is 3. The van der Waals surface area contributed by atoms with Crippen LogP contribution < -0.4 is 5.32 Å². The third-order valence-electron chi connectivity index (χ3n) is 6.71. The van der Waals surface area contributed by atoms with Crippen molar-refractivity contribution >= 4 is 23.4 Å². The van der Waals surface area contributed by atoms with Crippen LogP contribution in [0.15, 0.2) is 30.4 Å². The summed E-state index contributed by atoms with van der Waals surface area (Å²) in [5, 5.41) is 2.84. The van der Waals surface area contributed by atoms with Gasteiger partial charge >= 0.3 is 0 Å². The normalized spacial score (nSPS) is 36.2. The minimum Gasteiger partial charge on any atom is -0.324 e. The summed E-state index contributed by atoms with van der Waals surface area (Å²) in [6.07, 6.45) is 5.43. The quantitative estimate of drug-likeness (QED) is 0.672. The van der Waals surface area contributed by atoms with Gasteiger partial charge in [0.2, 0.25) is 17.7 Å². The molecule has 3 amide bonds. The molecule has 1 saturated heterocycles. The van der Waals surface area contributed by atoms with Crippen LogP contribution >= 0.6 is 0 Å². The Hall–Kier alpha value is -2.43. The zero-order chi connectivity index (χ0) is 18.2. The highest BCUT2D eigenvalue weighted by Crippen LogP contribution is 2.65. The maximum atomic E-state index is 12.9. The standard InChI is InChI=1S/C21H22N2O3/c1-10-3-6-16(11(2)7-10)22-17(24)9-23-20(25)18-12-4-5-13(15-8-14(12)15)19(18)21(23)26/h3-7,12-15,18-19H,8-9H2,1-2H3,(H,22,24)/t12-,13-,14-,15-,18+,19+/m0/s1. The van der Waals surface area contributed by atoms with Crippen LogP contribution in [0.3, 0.4) is 0 Å². The summed E-state index contributed by atoms with van der Waals surface area (Å²) in [5.74, 6) is 0.436. The number of imide groups is 1. The van der Waals surface area contributed by atoms with Gasteiger partial charge in [0.05, 0.1) is 11.8 Å². The third kappa shape index (κ3) is 2.12. The first-order valence-corrected chi connectivity index (χ1v) is 9.36. The first kappa shape index (κ1) is 15.8. The minimum atomic E-state index is -0.317. The van der Waals surface area contributed by atoms with Crippen LogP contribution in [0.25, 0.3) is 0 Å². The Kier molecular flexibility index (Phi) is 3.21. The molecule has 1 N–H and O–H groups in total. The van der Waals surface area contributed by atoms with E-state index in [-0.39, 0.29) is 47.9 Å². The van der Waals surface area contributed by atoms with Gasteiger partial charge in [-0.3, -0.25) is 19.3 Å². The molecule has 0 spiro atoms. The monoisotopic (exact) mass is 350 g/mol. The molecule has 5 aliphatic rings. The van der Waals surface area contributed by atoms with Gasteiger partial charge in [-0.1, -0.05) is 29.8 Å². The molecule has 4 aliphatic carbocycles. The average molecular weight is 350 g/mol. The summed E-state index contributed by atoms with van der Waals surface area (Å²) >= 11 is 0. The molecule has 0 aromatic heterocycles. The van der Waals surface area contributed by atoms with Crippen LogP contribution in [0.4, 0.5) is 5.69 Å². The predicted octanol–water partition coefficient (Wildman–Crippen LogP) is 2.30. The van der Waals surface area contributed by atoms with E-state index >= 15 is 0 Å². The van der Waals surface area contributed by atoms with Crippen molar-refractivity contribution in [1.82, 2.24) is 4.90 Å². The number of rotatable bonds is 3. The molecule has 1 aromatic rings. The Labute approximate surface area is 152 Å². The smallest absolute Gasteiger partial charge is 0.244 e. The van der Waals surface area contributed by atoms with Gasteiger partial charge in [0.25, 0.3) is 0 Å². The molecule has 1 aromatic carbocycles. The zero-order valence-electron chi connectivity index (χ0n) is 14.9. The van der Waals surface area contributed by atoms with Gasteiger partial charge in [-0.05, 0) is 55.6 Å². The Morgan fingerprint density at radius 1 is 1.08 bits per heavy atom. The van der Waals surface area contributed by atoms with E-state index < -0.39 is 0 Å². The molecular weight excluding hydrogens is 328 g/mol. The lowest BCUT2D eigenvalue weighted by molar-refractivity contribution is -0.142. The molecule has 6 atom stereocenters. The summed E-state index contributed by atoms with van der Waals surface area (Å²) in [6, 6.07) is 5.78. The number of hydrogen-bond donors (Lipinski definition) is 1. The van der Waals surface area contributed by atoms with Gasteiger partial charge in [-0.2, -0.15) is 0 Å². The number of anilines is 1. The summed E-state index contributed by atoms with van der Waals surface area (Å²) in [6.45, 7) is 3.74. The van der Waals surface area contributed by atoms with Gasteiger partial charge in [0.1, 0.15) is 6.54 Å². The Morgan fingerprint density at radius 2 is 1.69 bits per heavy atom. The topological polar surface area (TPSA) is 66.5 Å². The second-order valence-corrected chi connectivity index (χ2v) is 8.28. The van der Waals surface area contributed by atoms with Crippen molar-refractivity contribution in [2.45, 2.75) is 20.3 Å². The number of nitrogens with zero attached hydrogens (tertiary/aromatic N) is 1. The Bertz CT molecular complexity index is 838. The van der Waals surface area contributed by atoms with Gasteiger partial charge < -0.3 is 5.32 Å². The molecule has 26 heavy (non-hydrogen) atoms. The fourth-order valence-corrected chi connectivity index (χ4v) is 5.46. The number of aryl methyl sites for hydroxylation is 2. The van der Waals surface area contributed by atoms with E-state index in [1.54, 1.807) is 0 Å². The highest BCUT2D eigenvalue weighted by molar-refractivity contribution is 6.09. The van der Waals surface area contributed by atoms with Crippen molar-refractivity contribution in [3.63, 3.8) is 0 Å². The van der Waals surface area contributed by atoms with E-state index in [1.807, 2.05) is 32.0 Å². The van der Waals surface area contributed by atoms with Gasteiger partial charge in [-0.15, -0.1) is 0 Å². The molecule has 2 saturated carbocycles. The van der Waals surface area contributed by atoms with Crippen LogP contribution in [0.1, 0.15) is 17.5 Å². The fraction of sp³-hybridized carbons (Fsp3) is 0.476. The predicted molar refractivity (Wildman–Crippen MR) is 96.0 cm³/mol. The molecule has 3 fully saturated rings. The van der Waals surface area contributed by atoms with E-state index in [4.69, 9.17) is 0 Å². The number of amides is 3. The summed E-state index contributed by atoms with van der Waals surface area (Å²) < 4.78 is 0. The maximum absolute atomic E-state index is 12.9. The van der Waals surface area contributed by atoms with Crippen LogP contribution in [0.5, 0.6) is 0 Å². The number of nitrogens with one attached hydrogen (secondary N) is 1. The largest absolute Gasteiger partial charge is 0.324 e. The SMILES string of the molecule is Cc1ccc(NC(=O)CN2C(=O)[C@@H]3[C@H]4C=C[C@@H]([C@@H]5C[C@@H]45)[C@H]3C2=O)c(C)c1. The maximum Gasteiger partial charge on any atom is 0.244 e. The van der Waals surface area contributed by atoms with E-state index in [0.29, 0.717) is 11.8 Å². The lowest BCUT2D eigenvalue weighted by Crippen LogP contribution is -2.40. The van der Waals surface area contributed by atoms with E-state index in [9.17, 15) is 14.4 Å². The van der Waals surface area contributed by atoms with Gasteiger partial charge in [-0.25, -0.2) is 0 Å². The van der Waals surface area contributed by atoms with Crippen molar-refractivity contribution < 1.29 is 14.4 Å². The van der Waals surface area contributed by atoms with Gasteiger partial charge in [0, 0.05) is 5.69 Å². The van der Waals surface area contributed by atoms with Crippen LogP contribution in [-0.4, -0.2) is 29.2 Å². The molecule has 5 heteroatoms. The van der Waals surface area contributed by atoms with Crippen LogP contribution in [0, 0.1) is 49.4 Å². The summed E-state index contributed by atoms with van der Waals surface area (Å²) in [5.41, 5.74) is 2.81. The molecule has 6 rings (SSSR count). The highest BCUT2D eigenvalue weighted by atomic mass is 16.2. The second-order valence-electron chi connectivity index (χ2n) is 8.28. The fourth-order valence-electron chi connectivity index (χ4n) is 5.46. The van der Waals surface area contributed by atoms with Crippen molar-refractivity contribution in [3.05, 3.63) is 41.5 Å². The molecule has 0 unspecified atom stereocenters. The van der Waals surface area contributed by atoms with Crippen molar-refractivity contribution in [2.75, 3.05) is 11.9 Å². The average Bonchev–Trinajstić information content (AvgIpc) is 3.39. The number of allylic oxidation sites excluding steroid dienone is 2. The van der Waals surface area contributed by atoms with E-state index in [0.717, 1.165) is 23.2 Å². The first-order valence-electron chi connectivity index (χ1n) is 9.36. The molecule has 0 radical (unpaired) electrons. The lowest BCUT2D eigenvalue weighted by atomic mass is 9.63. The zero-order valence-corrected chi connectivity index (χ0v) is 14.9. The number of hydrogen-bond acceptors (Lipinski definition) is 3. The molecule has 5 nitrogen and oxygen atoms in total. The summed E-state index contributed by atoms with van der Waals surface area (Å²) in [4.78, 5) is 39.5. The van der Waals surface area contributed by atoms with Crippen molar-refractivity contribution in [2.24, 2.45) is 35.5 Å². The van der Waals surface area contributed by atoms with E-state index in [1.165, 1.54) is 4.90 Å². The van der Waals surface area contributed by atoms with Crippen LogP contribution in [0.2, 0.25) is 0 Å². The van der Waals surface area contributed by atoms with Gasteiger partial charge in [0.15, 0.2) is 0 Å². The number of carbonyl (C=O) groups excluding carboxylic acids is 3. The van der Waals surface area contributed by atoms with E-state index in [2.05, 4.69) is 17.5 Å². The molecule has 1 aliphatic heterocycles. The first-order chi connectivity index (χ1) is 12.5. The minimum absolute atomic E-state index is 0.152. The molecule has 134 valence electrons. The Balaban J connectivity index is 1.33. The van der Waals surface area contributed by atoms with Crippen molar-refractivity contribution in [3.8, 4) is 0 Å². The number of likely N-dealkylation sites (tertiary alicyclic amines) is 1. The Morgan fingerprint density at radius 3 is 2.27 bits per heavy atom. The van der Waals surface area contributed by atoms with Crippen molar-refractivity contribution in [1.29, 1.82) is 0 Å². The second kappa shape index (κ2) is 5.29. The lowest BCUT2D eigenvalue weighted by Gasteiger charge is -2.37. The summed E-state index contributed by atoms with van der Waals surface area (Å²) in [7, 11) is 0. The van der Waals surface area contributed by atoms with Crippen LogP contribution in [-0.2, 0) is 14.4 Å². The highest BCUT2D eigenvalue weighted by Gasteiger charge is 2.67.